The fourth-order valence-corrected chi connectivity index (χ4v) is 4.06. The van der Waals surface area contributed by atoms with Crippen molar-refractivity contribution in [1.82, 2.24) is 15.1 Å². The van der Waals surface area contributed by atoms with Crippen LogP contribution >= 0.6 is 0 Å². The molecular formula is C23H29N3O2. The molecule has 0 aromatic heterocycles. The quantitative estimate of drug-likeness (QED) is 0.836. The van der Waals surface area contributed by atoms with Gasteiger partial charge in [-0.25, -0.2) is 0 Å². The molecule has 0 saturated carbocycles. The molecule has 4 rings (SSSR count). The molecule has 2 aliphatic heterocycles. The number of benzene rings is 2. The minimum atomic E-state index is -0.0309. The molecular weight excluding hydrogens is 350 g/mol. The van der Waals surface area contributed by atoms with E-state index in [1.807, 2.05) is 6.07 Å². The van der Waals surface area contributed by atoms with E-state index >= 15 is 0 Å². The molecule has 0 unspecified atom stereocenters. The van der Waals surface area contributed by atoms with Crippen molar-refractivity contribution in [3.8, 4) is 0 Å². The molecule has 2 aromatic rings. The molecule has 148 valence electrons. The maximum atomic E-state index is 12.4. The summed E-state index contributed by atoms with van der Waals surface area (Å²) < 4.78 is 5.88. The van der Waals surface area contributed by atoms with Crippen LogP contribution in [0.15, 0.2) is 54.6 Å². The van der Waals surface area contributed by atoms with Crippen molar-refractivity contribution in [1.29, 1.82) is 0 Å². The van der Waals surface area contributed by atoms with Gasteiger partial charge in [0.2, 0.25) is 5.91 Å². The van der Waals surface area contributed by atoms with E-state index in [9.17, 15) is 4.79 Å². The summed E-state index contributed by atoms with van der Waals surface area (Å²) >= 11 is 0. The Kier molecular flexibility index (Phi) is 6.37. The zero-order valence-electron chi connectivity index (χ0n) is 16.3. The van der Waals surface area contributed by atoms with E-state index in [0.29, 0.717) is 13.1 Å². The number of rotatable bonds is 6. The number of fused-ring (bicyclic) bond motifs is 1. The lowest BCUT2D eigenvalue weighted by Crippen LogP contribution is -2.49. The predicted octanol–water partition coefficient (Wildman–Crippen LogP) is 2.23. The van der Waals surface area contributed by atoms with Crippen LogP contribution in [0.5, 0.6) is 0 Å². The van der Waals surface area contributed by atoms with Crippen molar-refractivity contribution < 1.29 is 9.53 Å². The summed E-state index contributed by atoms with van der Waals surface area (Å²) in [6.07, 6.45) is 0.921. The molecule has 0 radical (unpaired) electrons. The van der Waals surface area contributed by atoms with Gasteiger partial charge < -0.3 is 10.1 Å². The monoisotopic (exact) mass is 379 g/mol. The highest BCUT2D eigenvalue weighted by molar-refractivity contribution is 5.78. The third-order valence-corrected chi connectivity index (χ3v) is 5.66. The van der Waals surface area contributed by atoms with E-state index in [0.717, 1.165) is 45.8 Å². The first kappa shape index (κ1) is 19.1. The second kappa shape index (κ2) is 9.32. The van der Waals surface area contributed by atoms with Gasteiger partial charge in [-0.3, -0.25) is 14.6 Å². The number of carbonyl (C=O) groups excluding carboxylic acids is 1. The lowest BCUT2D eigenvalue weighted by Gasteiger charge is -2.34. The maximum absolute atomic E-state index is 12.4. The summed E-state index contributed by atoms with van der Waals surface area (Å²) in [6, 6.07) is 18.9. The first-order valence-corrected chi connectivity index (χ1v) is 10.2. The molecule has 28 heavy (non-hydrogen) atoms. The van der Waals surface area contributed by atoms with Crippen LogP contribution in [-0.2, 0) is 22.5 Å². The van der Waals surface area contributed by atoms with Crippen molar-refractivity contribution in [3.63, 3.8) is 0 Å². The number of hydrogen-bond acceptors (Lipinski definition) is 4. The molecule has 2 aromatic carbocycles. The first-order chi connectivity index (χ1) is 13.8. The van der Waals surface area contributed by atoms with Crippen LogP contribution in [0.25, 0.3) is 0 Å². The van der Waals surface area contributed by atoms with Gasteiger partial charge in [0, 0.05) is 39.3 Å². The Morgan fingerprint density at radius 1 is 0.964 bits per heavy atom. The van der Waals surface area contributed by atoms with E-state index in [-0.39, 0.29) is 12.0 Å². The average molecular weight is 380 g/mol. The van der Waals surface area contributed by atoms with Crippen LogP contribution in [0.4, 0.5) is 0 Å². The van der Waals surface area contributed by atoms with Crippen LogP contribution in [0.2, 0.25) is 0 Å². The second-order valence-electron chi connectivity index (χ2n) is 7.65. The minimum absolute atomic E-state index is 0.0309. The lowest BCUT2D eigenvalue weighted by molar-refractivity contribution is -0.123. The van der Waals surface area contributed by atoms with Gasteiger partial charge in [-0.1, -0.05) is 54.6 Å². The van der Waals surface area contributed by atoms with Crippen molar-refractivity contribution in [2.45, 2.75) is 19.1 Å². The van der Waals surface area contributed by atoms with Gasteiger partial charge in [-0.15, -0.1) is 0 Å². The molecule has 5 heteroatoms. The van der Waals surface area contributed by atoms with Gasteiger partial charge in [0.05, 0.1) is 13.2 Å². The summed E-state index contributed by atoms with van der Waals surface area (Å²) in [5, 5.41) is 3.07. The molecule has 1 atom stereocenters. The second-order valence-corrected chi connectivity index (χ2v) is 7.65. The standard InChI is InChI=1S/C23H29N3O2/c27-23(24-16-22-21-9-5-4-8-20(21)10-15-28-22)18-26-13-11-25(12-14-26)17-19-6-2-1-3-7-19/h1-9,22H,10-18H2,(H,24,27)/t22-/m1/s1. The molecule has 1 N–H and O–H groups in total. The fraction of sp³-hybridized carbons (Fsp3) is 0.435. The van der Waals surface area contributed by atoms with E-state index in [4.69, 9.17) is 4.74 Å². The molecule has 5 nitrogen and oxygen atoms in total. The normalized spacial score (nSPS) is 20.5. The molecule has 0 spiro atoms. The third kappa shape index (κ3) is 4.98. The highest BCUT2D eigenvalue weighted by atomic mass is 16.5. The first-order valence-electron chi connectivity index (χ1n) is 10.2. The van der Waals surface area contributed by atoms with E-state index in [1.54, 1.807) is 0 Å². The van der Waals surface area contributed by atoms with Crippen molar-refractivity contribution in [2.75, 3.05) is 45.9 Å². The Bertz CT molecular complexity index is 772. The number of nitrogens with zero attached hydrogens (tertiary/aromatic N) is 2. The summed E-state index contributed by atoms with van der Waals surface area (Å²) in [7, 11) is 0. The number of nitrogens with one attached hydrogen (secondary N) is 1. The third-order valence-electron chi connectivity index (χ3n) is 5.66. The number of piperazine rings is 1. The van der Waals surface area contributed by atoms with Crippen LogP contribution in [0.3, 0.4) is 0 Å². The smallest absolute Gasteiger partial charge is 0.234 e. The number of hydrogen-bond donors (Lipinski definition) is 1. The van der Waals surface area contributed by atoms with Crippen LogP contribution in [0.1, 0.15) is 22.8 Å². The van der Waals surface area contributed by atoms with E-state index in [2.05, 4.69) is 63.6 Å². The van der Waals surface area contributed by atoms with Crippen molar-refractivity contribution in [2.24, 2.45) is 0 Å². The number of ether oxygens (including phenoxy) is 1. The van der Waals surface area contributed by atoms with E-state index in [1.165, 1.54) is 16.7 Å². The van der Waals surface area contributed by atoms with Crippen LogP contribution in [-0.4, -0.2) is 61.6 Å². The van der Waals surface area contributed by atoms with Gasteiger partial charge in [-0.05, 0) is 23.1 Å². The summed E-state index contributed by atoms with van der Waals surface area (Å²) in [5.74, 6) is 0.0863. The number of amides is 1. The summed E-state index contributed by atoms with van der Waals surface area (Å²) in [4.78, 5) is 17.1. The zero-order valence-corrected chi connectivity index (χ0v) is 16.3. The molecule has 0 bridgehead atoms. The highest BCUT2D eigenvalue weighted by Crippen LogP contribution is 2.26. The van der Waals surface area contributed by atoms with Gasteiger partial charge >= 0.3 is 0 Å². The number of carbonyl (C=O) groups is 1. The van der Waals surface area contributed by atoms with Gasteiger partial charge in [-0.2, -0.15) is 0 Å². The van der Waals surface area contributed by atoms with Gasteiger partial charge in [0.1, 0.15) is 6.10 Å². The maximum Gasteiger partial charge on any atom is 0.234 e. The van der Waals surface area contributed by atoms with E-state index < -0.39 is 0 Å². The van der Waals surface area contributed by atoms with Crippen LogP contribution in [0, 0.1) is 0 Å². The Balaban J connectivity index is 1.19. The largest absolute Gasteiger partial charge is 0.371 e. The van der Waals surface area contributed by atoms with Crippen molar-refractivity contribution >= 4 is 5.91 Å². The SMILES string of the molecule is O=C(CN1CCN(Cc2ccccc2)CC1)NC[C@H]1OCCc2ccccc21. The fourth-order valence-electron chi connectivity index (χ4n) is 4.06. The van der Waals surface area contributed by atoms with Gasteiger partial charge in [0.25, 0.3) is 0 Å². The molecule has 1 saturated heterocycles. The Morgan fingerprint density at radius 2 is 1.68 bits per heavy atom. The molecule has 0 aliphatic carbocycles. The minimum Gasteiger partial charge on any atom is -0.371 e. The topological polar surface area (TPSA) is 44.8 Å². The Morgan fingerprint density at radius 3 is 2.50 bits per heavy atom. The molecule has 1 fully saturated rings. The molecule has 2 aliphatic rings. The summed E-state index contributed by atoms with van der Waals surface area (Å²) in [6.45, 7) is 6.59. The van der Waals surface area contributed by atoms with Crippen LogP contribution < -0.4 is 5.32 Å². The predicted molar refractivity (Wildman–Crippen MR) is 110 cm³/mol. The summed E-state index contributed by atoms with van der Waals surface area (Å²) in [5.41, 5.74) is 3.90. The Hall–Kier alpha value is -2.21. The average Bonchev–Trinajstić information content (AvgIpc) is 2.74. The molecule has 1 amide bonds. The molecule has 2 heterocycles. The lowest BCUT2D eigenvalue weighted by atomic mass is 9.97. The Labute approximate surface area is 167 Å². The highest BCUT2D eigenvalue weighted by Gasteiger charge is 2.22. The van der Waals surface area contributed by atoms with Gasteiger partial charge in [0.15, 0.2) is 0 Å². The van der Waals surface area contributed by atoms with Crippen molar-refractivity contribution in [3.05, 3.63) is 71.3 Å². The zero-order chi connectivity index (χ0) is 19.2.